The second-order valence-corrected chi connectivity index (χ2v) is 5.84. The molecule has 0 fully saturated rings. The van der Waals surface area contributed by atoms with E-state index in [0.29, 0.717) is 29.4 Å². The highest BCUT2D eigenvalue weighted by molar-refractivity contribution is 9.10. The first-order valence-corrected chi connectivity index (χ1v) is 8.36. The molecule has 0 aliphatic heterocycles. The molecule has 2 aromatic rings. The van der Waals surface area contributed by atoms with Gasteiger partial charge in [-0.25, -0.2) is 4.79 Å². The van der Waals surface area contributed by atoms with Crippen molar-refractivity contribution in [3.8, 4) is 11.5 Å². The highest BCUT2D eigenvalue weighted by Gasteiger charge is 2.14. The lowest BCUT2D eigenvalue weighted by Gasteiger charge is -2.12. The van der Waals surface area contributed by atoms with E-state index in [1.165, 1.54) is 7.11 Å². The lowest BCUT2D eigenvalue weighted by Crippen LogP contribution is -2.14. The number of carbonyl (C=O) groups is 2. The summed E-state index contributed by atoms with van der Waals surface area (Å²) in [6.07, 6.45) is 0. The lowest BCUT2D eigenvalue weighted by molar-refractivity contribution is -0.142. The quantitative estimate of drug-likeness (QED) is 0.708. The van der Waals surface area contributed by atoms with Crippen molar-refractivity contribution in [2.24, 2.45) is 0 Å². The maximum Gasteiger partial charge on any atom is 0.343 e. The Labute approximate surface area is 154 Å². The number of methoxy groups -OCH3 is 1. The monoisotopic (exact) mass is 407 g/mol. The van der Waals surface area contributed by atoms with Crippen LogP contribution in [0.1, 0.15) is 17.3 Å². The third-order valence-electron chi connectivity index (χ3n) is 3.16. The van der Waals surface area contributed by atoms with Gasteiger partial charge in [-0.2, -0.15) is 0 Å². The highest BCUT2D eigenvalue weighted by atomic mass is 79.9. The van der Waals surface area contributed by atoms with Gasteiger partial charge >= 0.3 is 5.97 Å². The summed E-state index contributed by atoms with van der Waals surface area (Å²) in [4.78, 5) is 23.7. The summed E-state index contributed by atoms with van der Waals surface area (Å²) >= 11 is 3.35. The summed E-state index contributed by atoms with van der Waals surface area (Å²) in [6.45, 7) is 2.11. The van der Waals surface area contributed by atoms with Crippen LogP contribution in [-0.2, 0) is 9.53 Å². The van der Waals surface area contributed by atoms with Gasteiger partial charge in [0, 0.05) is 16.2 Å². The van der Waals surface area contributed by atoms with Crippen molar-refractivity contribution in [2.45, 2.75) is 6.92 Å². The summed E-state index contributed by atoms with van der Waals surface area (Å²) in [5, 5.41) is 2.79. The van der Waals surface area contributed by atoms with E-state index in [0.717, 1.165) is 4.47 Å². The first-order chi connectivity index (χ1) is 12.0. The van der Waals surface area contributed by atoms with Crippen LogP contribution in [0.5, 0.6) is 11.5 Å². The fourth-order valence-corrected chi connectivity index (χ4v) is 2.39. The van der Waals surface area contributed by atoms with Gasteiger partial charge < -0.3 is 19.5 Å². The first-order valence-electron chi connectivity index (χ1n) is 7.57. The van der Waals surface area contributed by atoms with Gasteiger partial charge in [-0.15, -0.1) is 0 Å². The number of hydrogen-bond donors (Lipinski definition) is 1. The summed E-state index contributed by atoms with van der Waals surface area (Å²) in [5.74, 6) is 0.156. The zero-order valence-corrected chi connectivity index (χ0v) is 15.5. The van der Waals surface area contributed by atoms with E-state index in [1.807, 2.05) is 13.0 Å². The third-order valence-corrected chi connectivity index (χ3v) is 3.66. The molecule has 0 radical (unpaired) electrons. The van der Waals surface area contributed by atoms with Crippen molar-refractivity contribution < 1.29 is 23.8 Å². The molecule has 2 aromatic carbocycles. The third kappa shape index (κ3) is 5.49. The molecule has 132 valence electrons. The number of benzene rings is 2. The minimum Gasteiger partial charge on any atom is -0.493 e. The molecule has 0 saturated carbocycles. The van der Waals surface area contributed by atoms with Crippen LogP contribution >= 0.6 is 15.9 Å². The number of hydrogen-bond acceptors (Lipinski definition) is 5. The Bertz CT molecular complexity index is 763. The van der Waals surface area contributed by atoms with Crippen molar-refractivity contribution in [2.75, 3.05) is 25.6 Å². The Morgan fingerprint density at radius 3 is 2.64 bits per heavy atom. The van der Waals surface area contributed by atoms with Gasteiger partial charge in [0.1, 0.15) is 11.5 Å². The predicted molar refractivity (Wildman–Crippen MR) is 97.2 cm³/mol. The van der Waals surface area contributed by atoms with Gasteiger partial charge in [0.25, 0.3) is 5.91 Å². The average molecular weight is 408 g/mol. The van der Waals surface area contributed by atoms with Crippen molar-refractivity contribution in [3.05, 3.63) is 52.5 Å². The van der Waals surface area contributed by atoms with Crippen LogP contribution in [0.15, 0.2) is 46.9 Å². The zero-order chi connectivity index (χ0) is 18.2. The molecule has 0 spiro atoms. The summed E-state index contributed by atoms with van der Waals surface area (Å²) in [6, 6.07) is 12.0. The number of amides is 1. The summed E-state index contributed by atoms with van der Waals surface area (Å²) in [7, 11) is 1.29. The van der Waals surface area contributed by atoms with Gasteiger partial charge in [-0.1, -0.05) is 22.0 Å². The van der Waals surface area contributed by atoms with E-state index >= 15 is 0 Å². The SMILES string of the molecule is CCOc1ccc(Br)cc1C(=O)Nc1cccc(OCC(=O)OC)c1. The van der Waals surface area contributed by atoms with Gasteiger partial charge in [0.15, 0.2) is 6.61 Å². The molecule has 0 aliphatic carbocycles. The number of rotatable bonds is 7. The zero-order valence-electron chi connectivity index (χ0n) is 13.9. The number of halogens is 1. The minimum absolute atomic E-state index is 0.200. The molecule has 25 heavy (non-hydrogen) atoms. The van der Waals surface area contributed by atoms with E-state index < -0.39 is 5.97 Å². The molecule has 0 bridgehead atoms. The largest absolute Gasteiger partial charge is 0.493 e. The Morgan fingerprint density at radius 2 is 1.92 bits per heavy atom. The van der Waals surface area contributed by atoms with Gasteiger partial charge in [0.2, 0.25) is 0 Å². The normalized spacial score (nSPS) is 10.0. The summed E-state index contributed by atoms with van der Waals surface area (Å²) < 4.78 is 16.1. The Morgan fingerprint density at radius 1 is 1.12 bits per heavy atom. The molecule has 0 aliphatic rings. The van der Waals surface area contributed by atoms with Crippen LogP contribution in [0.2, 0.25) is 0 Å². The molecular weight excluding hydrogens is 390 g/mol. The number of nitrogens with one attached hydrogen (secondary N) is 1. The number of anilines is 1. The van der Waals surface area contributed by atoms with Crippen LogP contribution < -0.4 is 14.8 Å². The highest BCUT2D eigenvalue weighted by Crippen LogP contribution is 2.25. The van der Waals surface area contributed by atoms with Crippen molar-refractivity contribution >= 4 is 33.5 Å². The van der Waals surface area contributed by atoms with Crippen LogP contribution in [0, 0.1) is 0 Å². The predicted octanol–water partition coefficient (Wildman–Crippen LogP) is 3.65. The second kappa shape index (κ2) is 9.08. The van der Waals surface area contributed by atoms with E-state index in [4.69, 9.17) is 9.47 Å². The number of ether oxygens (including phenoxy) is 3. The molecule has 0 heterocycles. The molecule has 0 saturated heterocycles. The molecule has 1 N–H and O–H groups in total. The Hall–Kier alpha value is -2.54. The van der Waals surface area contributed by atoms with Gasteiger partial charge in [-0.3, -0.25) is 4.79 Å². The van der Waals surface area contributed by atoms with Crippen LogP contribution in [0.25, 0.3) is 0 Å². The Kier molecular flexibility index (Phi) is 6.82. The van der Waals surface area contributed by atoms with Crippen LogP contribution in [0.3, 0.4) is 0 Å². The molecule has 0 aromatic heterocycles. The maximum absolute atomic E-state index is 12.6. The molecule has 2 rings (SSSR count). The fourth-order valence-electron chi connectivity index (χ4n) is 2.02. The minimum atomic E-state index is -0.482. The second-order valence-electron chi connectivity index (χ2n) is 4.92. The topological polar surface area (TPSA) is 73.9 Å². The smallest absolute Gasteiger partial charge is 0.343 e. The summed E-state index contributed by atoms with van der Waals surface area (Å²) in [5.41, 5.74) is 0.951. The van der Waals surface area contributed by atoms with Gasteiger partial charge in [0.05, 0.1) is 19.3 Å². The molecule has 7 heteroatoms. The van der Waals surface area contributed by atoms with Crippen molar-refractivity contribution in [1.29, 1.82) is 0 Å². The van der Waals surface area contributed by atoms with Crippen molar-refractivity contribution in [3.63, 3.8) is 0 Å². The van der Waals surface area contributed by atoms with Gasteiger partial charge in [-0.05, 0) is 37.3 Å². The molecule has 6 nitrogen and oxygen atoms in total. The van der Waals surface area contributed by atoms with Crippen molar-refractivity contribution in [1.82, 2.24) is 0 Å². The first kappa shape index (κ1) is 18.8. The van der Waals surface area contributed by atoms with E-state index in [1.54, 1.807) is 36.4 Å². The standard InChI is InChI=1S/C18H18BrNO5/c1-3-24-16-8-7-12(19)9-15(16)18(22)20-13-5-4-6-14(10-13)25-11-17(21)23-2/h4-10H,3,11H2,1-2H3,(H,20,22). The van der Waals surface area contributed by atoms with E-state index in [-0.39, 0.29) is 12.5 Å². The van der Waals surface area contributed by atoms with Crippen LogP contribution in [-0.4, -0.2) is 32.2 Å². The number of carbonyl (C=O) groups excluding carboxylic acids is 2. The molecular formula is C18H18BrNO5. The fraction of sp³-hybridized carbons (Fsp3) is 0.222. The van der Waals surface area contributed by atoms with Crippen LogP contribution in [0.4, 0.5) is 5.69 Å². The average Bonchev–Trinajstić information content (AvgIpc) is 2.61. The van der Waals surface area contributed by atoms with E-state index in [2.05, 4.69) is 26.0 Å². The molecule has 1 amide bonds. The van der Waals surface area contributed by atoms with E-state index in [9.17, 15) is 9.59 Å². The molecule has 0 unspecified atom stereocenters. The maximum atomic E-state index is 12.6. The number of esters is 1. The Balaban J connectivity index is 2.13. The lowest BCUT2D eigenvalue weighted by atomic mass is 10.2. The molecule has 0 atom stereocenters.